The van der Waals surface area contributed by atoms with Crippen molar-refractivity contribution in [3.63, 3.8) is 0 Å². The highest BCUT2D eigenvalue weighted by Crippen LogP contribution is 2.29. The predicted molar refractivity (Wildman–Crippen MR) is 98.3 cm³/mol. The van der Waals surface area contributed by atoms with Gasteiger partial charge in [-0.05, 0) is 26.1 Å². The summed E-state index contributed by atoms with van der Waals surface area (Å²) < 4.78 is 15.1. The highest BCUT2D eigenvalue weighted by molar-refractivity contribution is 6.11. The Morgan fingerprint density at radius 2 is 1.92 bits per heavy atom. The number of anilines is 1. The molecule has 0 saturated heterocycles. The van der Waals surface area contributed by atoms with Crippen LogP contribution in [0.1, 0.15) is 16.1 Å². The quantitative estimate of drug-likeness (QED) is 0.548. The number of carbonyl (C=O) groups is 2. The Kier molecular flexibility index (Phi) is 6.73. The number of hydrogen-bond donors (Lipinski definition) is 2. The van der Waals surface area contributed by atoms with Crippen molar-refractivity contribution in [2.45, 2.75) is 13.2 Å². The zero-order valence-corrected chi connectivity index (χ0v) is 15.7. The first-order valence-electron chi connectivity index (χ1n) is 8.14. The van der Waals surface area contributed by atoms with Gasteiger partial charge >= 0.3 is 5.97 Å². The number of nitrogens with zero attached hydrogens (tertiary/aromatic N) is 1. The number of fused-ring (bicyclic) bond motifs is 1. The molecular weight excluding hydrogens is 338 g/mol. The predicted octanol–water partition coefficient (Wildman–Crippen LogP) is 1.75. The fraction of sp³-hybridized carbons (Fsp3) is 0.444. The summed E-state index contributed by atoms with van der Waals surface area (Å²) in [6.45, 7) is 2.48. The maximum Gasteiger partial charge on any atom is 0.356 e. The number of H-pyrrole nitrogens is 1. The molecule has 1 aromatic carbocycles. The lowest BCUT2D eigenvalue weighted by molar-refractivity contribution is -0.124. The SMILES string of the molecule is COC(=O)c1[nH]c2ccc(C)cc2c1NC(=O)CN(C)CC(OC)OC. The molecule has 0 saturated carbocycles. The van der Waals surface area contributed by atoms with E-state index in [1.54, 1.807) is 26.2 Å². The second-order valence-electron chi connectivity index (χ2n) is 6.06. The number of nitrogens with one attached hydrogen (secondary N) is 2. The third kappa shape index (κ3) is 4.60. The van der Waals surface area contributed by atoms with Gasteiger partial charge in [0, 0.05) is 31.7 Å². The summed E-state index contributed by atoms with van der Waals surface area (Å²) >= 11 is 0. The van der Waals surface area contributed by atoms with E-state index < -0.39 is 12.3 Å². The molecule has 26 heavy (non-hydrogen) atoms. The highest BCUT2D eigenvalue weighted by Gasteiger charge is 2.21. The lowest BCUT2D eigenvalue weighted by atomic mass is 10.1. The second kappa shape index (κ2) is 8.79. The van der Waals surface area contributed by atoms with Gasteiger partial charge in [0.15, 0.2) is 6.29 Å². The lowest BCUT2D eigenvalue weighted by Gasteiger charge is -2.21. The molecule has 1 amide bonds. The third-order valence-electron chi connectivity index (χ3n) is 4.01. The number of aryl methyl sites for hydroxylation is 1. The Morgan fingerprint density at radius 1 is 1.23 bits per heavy atom. The molecule has 0 radical (unpaired) electrons. The van der Waals surface area contributed by atoms with Crippen molar-refractivity contribution >= 4 is 28.5 Å². The van der Waals surface area contributed by atoms with Crippen LogP contribution in [0.15, 0.2) is 18.2 Å². The van der Waals surface area contributed by atoms with Gasteiger partial charge in [0.05, 0.1) is 19.3 Å². The number of methoxy groups -OCH3 is 3. The first-order valence-corrected chi connectivity index (χ1v) is 8.14. The number of aromatic amines is 1. The molecule has 2 N–H and O–H groups in total. The van der Waals surface area contributed by atoms with E-state index >= 15 is 0 Å². The van der Waals surface area contributed by atoms with Gasteiger partial charge in [0.1, 0.15) is 5.69 Å². The van der Waals surface area contributed by atoms with E-state index in [4.69, 9.17) is 14.2 Å². The van der Waals surface area contributed by atoms with Crippen LogP contribution in [-0.2, 0) is 19.0 Å². The number of rotatable bonds is 8. The van der Waals surface area contributed by atoms with Crippen molar-refractivity contribution in [2.24, 2.45) is 0 Å². The zero-order chi connectivity index (χ0) is 19.3. The van der Waals surface area contributed by atoms with Crippen molar-refractivity contribution < 1.29 is 23.8 Å². The standard InChI is InChI=1S/C18H25N3O5/c1-11-6-7-13-12(8-11)16(17(19-13)18(23)26-5)20-14(22)9-21(2)10-15(24-3)25-4/h6-8,15,19H,9-10H2,1-5H3,(H,20,22). The minimum absolute atomic E-state index is 0.113. The Morgan fingerprint density at radius 3 is 2.54 bits per heavy atom. The molecule has 2 rings (SSSR count). The van der Waals surface area contributed by atoms with Gasteiger partial charge in [-0.15, -0.1) is 0 Å². The second-order valence-corrected chi connectivity index (χ2v) is 6.06. The van der Waals surface area contributed by atoms with Gasteiger partial charge in [-0.3, -0.25) is 9.69 Å². The molecule has 2 aromatic rings. The first kappa shape index (κ1) is 19.9. The molecule has 0 fully saturated rings. The summed E-state index contributed by atoms with van der Waals surface area (Å²) in [5.41, 5.74) is 2.40. The molecular formula is C18H25N3O5. The number of carbonyl (C=O) groups excluding carboxylic acids is 2. The third-order valence-corrected chi connectivity index (χ3v) is 4.01. The Hall–Kier alpha value is -2.42. The number of aromatic nitrogens is 1. The number of hydrogen-bond acceptors (Lipinski definition) is 6. The van der Waals surface area contributed by atoms with E-state index in [9.17, 15) is 9.59 Å². The molecule has 0 aliphatic rings. The van der Waals surface area contributed by atoms with Gasteiger partial charge in [0.25, 0.3) is 0 Å². The van der Waals surface area contributed by atoms with Gasteiger partial charge in [-0.25, -0.2) is 4.79 Å². The van der Waals surface area contributed by atoms with Crippen LogP contribution in [-0.4, -0.2) is 69.5 Å². The molecule has 8 nitrogen and oxygen atoms in total. The Labute approximate surface area is 152 Å². The summed E-state index contributed by atoms with van der Waals surface area (Å²) in [7, 11) is 6.16. The average molecular weight is 363 g/mol. The van der Waals surface area contributed by atoms with Crippen molar-refractivity contribution in [1.82, 2.24) is 9.88 Å². The topological polar surface area (TPSA) is 92.9 Å². The molecule has 0 aliphatic heterocycles. The number of likely N-dealkylation sites (N-methyl/N-ethyl adjacent to an activating group) is 1. The molecule has 142 valence electrons. The van der Waals surface area contributed by atoms with Crippen LogP contribution < -0.4 is 5.32 Å². The van der Waals surface area contributed by atoms with Crippen molar-refractivity contribution in [1.29, 1.82) is 0 Å². The molecule has 8 heteroatoms. The zero-order valence-electron chi connectivity index (χ0n) is 15.7. The van der Waals surface area contributed by atoms with Gasteiger partial charge in [0.2, 0.25) is 5.91 Å². The van der Waals surface area contributed by atoms with E-state index in [0.29, 0.717) is 12.2 Å². The normalized spacial score (nSPS) is 11.3. The fourth-order valence-electron chi connectivity index (χ4n) is 2.68. The summed E-state index contributed by atoms with van der Waals surface area (Å²) in [5, 5.41) is 3.58. The van der Waals surface area contributed by atoms with Crippen LogP contribution >= 0.6 is 0 Å². The van der Waals surface area contributed by atoms with E-state index in [2.05, 4.69) is 10.3 Å². The fourth-order valence-corrected chi connectivity index (χ4v) is 2.68. The molecule has 1 heterocycles. The van der Waals surface area contributed by atoms with Crippen molar-refractivity contribution in [3.05, 3.63) is 29.5 Å². The van der Waals surface area contributed by atoms with Crippen molar-refractivity contribution in [3.8, 4) is 0 Å². The van der Waals surface area contributed by atoms with Crippen LogP contribution in [0.25, 0.3) is 10.9 Å². The molecule has 0 spiro atoms. The van der Waals surface area contributed by atoms with Gasteiger partial charge in [-0.1, -0.05) is 11.6 Å². The summed E-state index contributed by atoms with van der Waals surface area (Å²) in [5.74, 6) is -0.799. The minimum atomic E-state index is -0.540. The largest absolute Gasteiger partial charge is 0.464 e. The number of benzene rings is 1. The summed E-state index contributed by atoms with van der Waals surface area (Å²) in [6, 6.07) is 5.69. The maximum absolute atomic E-state index is 12.5. The van der Waals surface area contributed by atoms with Gasteiger partial charge in [-0.2, -0.15) is 0 Å². The van der Waals surface area contributed by atoms with Crippen LogP contribution in [0, 0.1) is 6.92 Å². The maximum atomic E-state index is 12.5. The first-order chi connectivity index (χ1) is 12.4. The van der Waals surface area contributed by atoms with E-state index in [1.165, 1.54) is 7.11 Å². The average Bonchev–Trinajstić information content (AvgIpc) is 2.96. The van der Waals surface area contributed by atoms with Crippen LogP contribution in [0.4, 0.5) is 5.69 Å². The minimum Gasteiger partial charge on any atom is -0.464 e. The highest BCUT2D eigenvalue weighted by atomic mass is 16.7. The summed E-state index contributed by atoms with van der Waals surface area (Å²) in [4.78, 5) is 29.3. The van der Waals surface area contributed by atoms with E-state index in [-0.39, 0.29) is 18.1 Å². The van der Waals surface area contributed by atoms with Crippen molar-refractivity contribution in [2.75, 3.05) is 46.8 Å². The molecule has 0 unspecified atom stereocenters. The molecule has 0 bridgehead atoms. The monoisotopic (exact) mass is 363 g/mol. The molecule has 0 atom stereocenters. The number of esters is 1. The van der Waals surface area contributed by atoms with Gasteiger partial charge < -0.3 is 24.5 Å². The summed E-state index contributed by atoms with van der Waals surface area (Å²) in [6.07, 6.45) is -0.422. The van der Waals surface area contributed by atoms with Crippen LogP contribution in [0.5, 0.6) is 0 Å². The van der Waals surface area contributed by atoms with Crippen LogP contribution in [0.3, 0.4) is 0 Å². The lowest BCUT2D eigenvalue weighted by Crippen LogP contribution is -2.37. The molecule has 0 aliphatic carbocycles. The number of amides is 1. The van der Waals surface area contributed by atoms with E-state index in [1.807, 2.05) is 25.1 Å². The Balaban J connectivity index is 2.21. The Bertz CT molecular complexity index is 782. The number of ether oxygens (including phenoxy) is 3. The molecule has 1 aromatic heterocycles. The van der Waals surface area contributed by atoms with Crippen LogP contribution in [0.2, 0.25) is 0 Å². The van der Waals surface area contributed by atoms with E-state index in [0.717, 1.165) is 16.5 Å². The smallest absolute Gasteiger partial charge is 0.356 e.